The normalized spacial score (nSPS) is 26.3. The second-order valence-corrected chi connectivity index (χ2v) is 6.57. The number of nitrogens with zero attached hydrogens (tertiary/aromatic N) is 2. The van der Waals surface area contributed by atoms with Crippen LogP contribution in [0.2, 0.25) is 0 Å². The van der Waals surface area contributed by atoms with Gasteiger partial charge in [0, 0.05) is 36.1 Å². The molecular formula is C13H23N3S. The molecule has 96 valence electrons. The fraction of sp³-hybridized carbons (Fsp3) is 0.769. The Morgan fingerprint density at radius 3 is 3.06 bits per heavy atom. The minimum absolute atomic E-state index is 0.374. The van der Waals surface area contributed by atoms with Gasteiger partial charge in [-0.05, 0) is 39.5 Å². The molecule has 2 unspecified atom stereocenters. The maximum absolute atomic E-state index is 4.49. The van der Waals surface area contributed by atoms with Crippen molar-refractivity contribution in [3.05, 3.63) is 18.2 Å². The first kappa shape index (κ1) is 13.0. The average molecular weight is 253 g/mol. The molecule has 2 rings (SSSR count). The van der Waals surface area contributed by atoms with Gasteiger partial charge in [0.15, 0.2) is 0 Å². The fourth-order valence-electron chi connectivity index (χ4n) is 2.70. The lowest BCUT2D eigenvalue weighted by Gasteiger charge is -2.33. The molecular weight excluding hydrogens is 230 g/mol. The molecule has 2 atom stereocenters. The Morgan fingerprint density at radius 2 is 2.47 bits per heavy atom. The minimum atomic E-state index is 0.374. The predicted molar refractivity (Wildman–Crippen MR) is 74.5 cm³/mol. The Hall–Kier alpha value is -0.480. The molecule has 17 heavy (non-hydrogen) atoms. The van der Waals surface area contributed by atoms with Crippen molar-refractivity contribution in [2.75, 3.05) is 12.8 Å². The Bertz CT molecular complexity index is 355. The lowest BCUT2D eigenvalue weighted by Crippen LogP contribution is -2.45. The van der Waals surface area contributed by atoms with Gasteiger partial charge in [0.2, 0.25) is 0 Å². The van der Waals surface area contributed by atoms with E-state index in [1.54, 1.807) is 0 Å². The molecule has 1 aromatic rings. The summed E-state index contributed by atoms with van der Waals surface area (Å²) in [6.07, 6.45) is 7.68. The van der Waals surface area contributed by atoms with E-state index in [1.807, 2.05) is 6.20 Å². The minimum Gasteiger partial charge on any atom is -0.335 e. The summed E-state index contributed by atoms with van der Waals surface area (Å²) in [5.74, 6) is 2.51. The Kier molecular flexibility index (Phi) is 4.15. The van der Waals surface area contributed by atoms with Gasteiger partial charge in [0.05, 0.1) is 0 Å². The smallest absolute Gasteiger partial charge is 0.110 e. The first-order chi connectivity index (χ1) is 8.19. The van der Waals surface area contributed by atoms with Crippen LogP contribution in [0.1, 0.15) is 32.5 Å². The van der Waals surface area contributed by atoms with E-state index in [0.29, 0.717) is 10.8 Å². The van der Waals surface area contributed by atoms with Gasteiger partial charge >= 0.3 is 0 Å². The molecule has 0 saturated carbocycles. The first-order valence-electron chi connectivity index (χ1n) is 6.51. The van der Waals surface area contributed by atoms with Crippen LogP contribution in [0.4, 0.5) is 0 Å². The zero-order valence-corrected chi connectivity index (χ0v) is 11.9. The Labute approximate surface area is 108 Å². The Morgan fingerprint density at radius 1 is 1.65 bits per heavy atom. The van der Waals surface area contributed by atoms with E-state index in [-0.39, 0.29) is 0 Å². The topological polar surface area (TPSA) is 29.9 Å². The molecule has 0 spiro atoms. The van der Waals surface area contributed by atoms with Crippen molar-refractivity contribution in [2.45, 2.75) is 50.4 Å². The lowest BCUT2D eigenvalue weighted by atomic mass is 9.93. The zero-order valence-electron chi connectivity index (χ0n) is 11.1. The SMILES string of the molecule is CCn1ccnc1CC(NC)C1(C)CCCS1. The molecule has 1 fully saturated rings. The molecule has 0 aliphatic carbocycles. The lowest BCUT2D eigenvalue weighted by molar-refractivity contribution is 0.412. The second kappa shape index (κ2) is 5.44. The maximum atomic E-state index is 4.49. The van der Waals surface area contributed by atoms with Crippen LogP contribution in [0.5, 0.6) is 0 Å². The number of thioether (sulfide) groups is 1. The predicted octanol–water partition coefficient (Wildman–Crippen LogP) is 2.32. The molecule has 1 aliphatic rings. The monoisotopic (exact) mass is 253 g/mol. The van der Waals surface area contributed by atoms with Gasteiger partial charge in [-0.25, -0.2) is 4.98 Å². The van der Waals surface area contributed by atoms with Crippen LogP contribution in [-0.2, 0) is 13.0 Å². The van der Waals surface area contributed by atoms with Crippen molar-refractivity contribution in [1.82, 2.24) is 14.9 Å². The summed E-state index contributed by atoms with van der Waals surface area (Å²) >= 11 is 2.11. The third kappa shape index (κ3) is 2.68. The largest absolute Gasteiger partial charge is 0.335 e. The van der Waals surface area contributed by atoms with Crippen LogP contribution in [0.15, 0.2) is 12.4 Å². The average Bonchev–Trinajstić information content (AvgIpc) is 2.95. The summed E-state index contributed by atoms with van der Waals surface area (Å²) < 4.78 is 2.62. The van der Waals surface area contributed by atoms with Crippen molar-refractivity contribution in [3.63, 3.8) is 0 Å². The summed E-state index contributed by atoms with van der Waals surface area (Å²) in [4.78, 5) is 4.49. The molecule has 0 bridgehead atoms. The highest BCUT2D eigenvalue weighted by molar-refractivity contribution is 8.00. The molecule has 0 radical (unpaired) electrons. The van der Waals surface area contributed by atoms with Gasteiger partial charge < -0.3 is 9.88 Å². The van der Waals surface area contributed by atoms with Crippen molar-refractivity contribution < 1.29 is 0 Å². The molecule has 0 amide bonds. The van der Waals surface area contributed by atoms with Crippen molar-refractivity contribution >= 4 is 11.8 Å². The summed E-state index contributed by atoms with van der Waals surface area (Å²) in [6, 6.07) is 0.516. The highest BCUT2D eigenvalue weighted by atomic mass is 32.2. The van der Waals surface area contributed by atoms with E-state index in [9.17, 15) is 0 Å². The summed E-state index contributed by atoms with van der Waals surface area (Å²) in [7, 11) is 2.08. The molecule has 4 heteroatoms. The third-order valence-corrected chi connectivity index (χ3v) is 5.50. The molecule has 0 aromatic carbocycles. The van der Waals surface area contributed by atoms with E-state index in [1.165, 1.54) is 24.4 Å². The summed E-state index contributed by atoms with van der Waals surface area (Å²) in [5, 5.41) is 3.50. The highest BCUT2D eigenvalue weighted by Gasteiger charge is 2.37. The standard InChI is InChI=1S/C13H23N3S/c1-4-16-8-7-15-12(16)10-11(14-3)13(2)6-5-9-17-13/h7-8,11,14H,4-6,9-10H2,1-3H3. The van der Waals surface area contributed by atoms with Gasteiger partial charge in [-0.2, -0.15) is 11.8 Å². The zero-order chi connectivity index (χ0) is 12.3. The number of aryl methyl sites for hydroxylation is 1. The number of hydrogen-bond donors (Lipinski definition) is 1. The van der Waals surface area contributed by atoms with Crippen LogP contribution in [0.3, 0.4) is 0 Å². The van der Waals surface area contributed by atoms with Crippen molar-refractivity contribution in [1.29, 1.82) is 0 Å². The van der Waals surface area contributed by atoms with Crippen molar-refractivity contribution in [3.8, 4) is 0 Å². The van der Waals surface area contributed by atoms with Crippen LogP contribution < -0.4 is 5.32 Å². The van der Waals surface area contributed by atoms with Gasteiger partial charge in [-0.15, -0.1) is 0 Å². The van der Waals surface area contributed by atoms with Crippen LogP contribution >= 0.6 is 11.8 Å². The molecule has 2 heterocycles. The number of hydrogen-bond acceptors (Lipinski definition) is 3. The quantitative estimate of drug-likeness (QED) is 0.873. The van der Waals surface area contributed by atoms with E-state index < -0.39 is 0 Å². The van der Waals surface area contributed by atoms with E-state index in [0.717, 1.165) is 13.0 Å². The van der Waals surface area contributed by atoms with Crippen molar-refractivity contribution in [2.24, 2.45) is 0 Å². The number of nitrogens with one attached hydrogen (secondary N) is 1. The third-order valence-electron chi connectivity index (χ3n) is 3.86. The molecule has 1 saturated heterocycles. The maximum Gasteiger partial charge on any atom is 0.110 e. The van der Waals surface area contributed by atoms with E-state index in [2.05, 4.69) is 53.7 Å². The Balaban J connectivity index is 2.09. The summed E-state index contributed by atoms with van der Waals surface area (Å²) in [5.41, 5.74) is 0. The number of likely N-dealkylation sites (N-methyl/N-ethyl adjacent to an activating group) is 1. The van der Waals surface area contributed by atoms with Crippen LogP contribution in [0.25, 0.3) is 0 Å². The van der Waals surface area contributed by atoms with Crippen LogP contribution in [0, 0.1) is 0 Å². The second-order valence-electron chi connectivity index (χ2n) is 4.94. The van der Waals surface area contributed by atoms with Crippen LogP contribution in [-0.4, -0.2) is 33.1 Å². The molecule has 1 aliphatic heterocycles. The molecule has 1 aromatic heterocycles. The van der Waals surface area contributed by atoms with Gasteiger partial charge in [-0.3, -0.25) is 0 Å². The first-order valence-corrected chi connectivity index (χ1v) is 7.49. The fourth-order valence-corrected chi connectivity index (χ4v) is 4.15. The molecule has 3 nitrogen and oxygen atoms in total. The molecule has 1 N–H and O–H groups in total. The van der Waals surface area contributed by atoms with Gasteiger partial charge in [0.25, 0.3) is 0 Å². The van der Waals surface area contributed by atoms with Gasteiger partial charge in [-0.1, -0.05) is 0 Å². The summed E-state index contributed by atoms with van der Waals surface area (Å²) in [6.45, 7) is 5.58. The van der Waals surface area contributed by atoms with E-state index >= 15 is 0 Å². The number of rotatable bonds is 5. The highest BCUT2D eigenvalue weighted by Crippen LogP contribution is 2.41. The van der Waals surface area contributed by atoms with Gasteiger partial charge in [0.1, 0.15) is 5.82 Å². The number of aromatic nitrogens is 2. The number of imidazole rings is 1. The van der Waals surface area contributed by atoms with E-state index in [4.69, 9.17) is 0 Å².